The summed E-state index contributed by atoms with van der Waals surface area (Å²) in [6.07, 6.45) is -2.89. The van der Waals surface area contributed by atoms with E-state index in [-0.39, 0.29) is 37.0 Å². The van der Waals surface area contributed by atoms with Crippen LogP contribution in [0.2, 0.25) is 0 Å². The summed E-state index contributed by atoms with van der Waals surface area (Å²) in [5.74, 6) is -1.87. The van der Waals surface area contributed by atoms with Gasteiger partial charge in [0.25, 0.3) is 5.91 Å². The SMILES string of the molecule is CCCOc1ccc(C(F)(F)F)cc1NC(=O)COC(=O)C1=COCCO1. The molecule has 0 fully saturated rings. The number of benzene rings is 1. The molecule has 10 heteroatoms. The summed E-state index contributed by atoms with van der Waals surface area (Å²) in [6, 6.07) is 2.73. The molecule has 2 rings (SSSR count). The predicted octanol–water partition coefficient (Wildman–Crippen LogP) is 2.86. The monoisotopic (exact) mass is 389 g/mol. The highest BCUT2D eigenvalue weighted by Gasteiger charge is 2.31. The summed E-state index contributed by atoms with van der Waals surface area (Å²) in [5, 5.41) is 2.26. The lowest BCUT2D eigenvalue weighted by Gasteiger charge is -2.16. The normalized spacial score (nSPS) is 13.7. The highest BCUT2D eigenvalue weighted by Crippen LogP contribution is 2.35. The molecule has 1 aromatic rings. The Balaban J connectivity index is 2.03. The molecule has 1 aliphatic rings. The summed E-state index contributed by atoms with van der Waals surface area (Å²) in [6.45, 7) is 1.81. The summed E-state index contributed by atoms with van der Waals surface area (Å²) in [5.41, 5.74) is -1.12. The lowest BCUT2D eigenvalue weighted by atomic mass is 10.1. The van der Waals surface area contributed by atoms with E-state index in [2.05, 4.69) is 5.32 Å². The molecule has 1 aromatic carbocycles. The molecule has 1 aliphatic heterocycles. The van der Waals surface area contributed by atoms with E-state index >= 15 is 0 Å². The molecule has 0 saturated heterocycles. The largest absolute Gasteiger partial charge is 0.493 e. The molecular formula is C17H18F3NO6. The highest BCUT2D eigenvalue weighted by atomic mass is 19.4. The van der Waals surface area contributed by atoms with Crippen molar-refractivity contribution in [3.63, 3.8) is 0 Å². The van der Waals surface area contributed by atoms with E-state index in [0.717, 1.165) is 24.5 Å². The first-order valence-corrected chi connectivity index (χ1v) is 8.07. The number of esters is 1. The van der Waals surface area contributed by atoms with Crippen LogP contribution in [0.3, 0.4) is 0 Å². The van der Waals surface area contributed by atoms with Gasteiger partial charge >= 0.3 is 12.1 Å². The molecule has 7 nitrogen and oxygen atoms in total. The fraction of sp³-hybridized carbons (Fsp3) is 0.412. The third-order valence-corrected chi connectivity index (χ3v) is 3.23. The fourth-order valence-corrected chi connectivity index (χ4v) is 2.01. The minimum absolute atomic E-state index is 0.0799. The number of carbonyl (C=O) groups excluding carboxylic acids is 2. The van der Waals surface area contributed by atoms with Crippen molar-refractivity contribution in [3.8, 4) is 5.75 Å². The Hall–Kier alpha value is -2.91. The molecule has 0 saturated carbocycles. The van der Waals surface area contributed by atoms with Gasteiger partial charge in [-0.25, -0.2) is 4.79 Å². The second kappa shape index (κ2) is 9.15. The van der Waals surface area contributed by atoms with Crippen LogP contribution >= 0.6 is 0 Å². The zero-order valence-corrected chi connectivity index (χ0v) is 14.4. The first-order valence-electron chi connectivity index (χ1n) is 8.07. The standard InChI is InChI=1S/C17H18F3NO6/c1-2-5-25-13-4-3-11(17(18,19)20)8-12(13)21-15(22)10-27-16(23)14-9-24-6-7-26-14/h3-4,8-9H,2,5-7,10H2,1H3,(H,21,22). The second-order valence-electron chi connectivity index (χ2n) is 5.38. The molecule has 1 heterocycles. The topological polar surface area (TPSA) is 83.1 Å². The van der Waals surface area contributed by atoms with Gasteiger partial charge in [-0.1, -0.05) is 6.92 Å². The molecule has 0 spiro atoms. The molecule has 27 heavy (non-hydrogen) atoms. The van der Waals surface area contributed by atoms with Gasteiger partial charge in [0.2, 0.25) is 5.76 Å². The zero-order chi connectivity index (χ0) is 19.9. The van der Waals surface area contributed by atoms with Crippen LogP contribution in [0.4, 0.5) is 18.9 Å². The average Bonchev–Trinajstić information content (AvgIpc) is 2.65. The van der Waals surface area contributed by atoms with Gasteiger partial charge in [-0.3, -0.25) is 4.79 Å². The zero-order valence-electron chi connectivity index (χ0n) is 14.4. The number of amides is 1. The van der Waals surface area contributed by atoms with E-state index in [0.29, 0.717) is 6.42 Å². The molecule has 1 amide bonds. The van der Waals surface area contributed by atoms with Crippen LogP contribution in [0.1, 0.15) is 18.9 Å². The minimum Gasteiger partial charge on any atom is -0.493 e. The smallest absolute Gasteiger partial charge is 0.416 e. The number of anilines is 1. The maximum atomic E-state index is 12.9. The number of carbonyl (C=O) groups is 2. The van der Waals surface area contributed by atoms with Crippen LogP contribution in [0, 0.1) is 0 Å². The van der Waals surface area contributed by atoms with Crippen LogP contribution in [0.15, 0.2) is 30.2 Å². The van der Waals surface area contributed by atoms with Crippen LogP contribution in [-0.2, 0) is 30.0 Å². The number of nitrogens with one attached hydrogen (secondary N) is 1. The summed E-state index contributed by atoms with van der Waals surface area (Å²) >= 11 is 0. The molecule has 148 valence electrons. The van der Waals surface area contributed by atoms with Gasteiger partial charge in [-0.15, -0.1) is 0 Å². The van der Waals surface area contributed by atoms with E-state index in [1.54, 1.807) is 0 Å². The number of alkyl halides is 3. The van der Waals surface area contributed by atoms with Crippen LogP contribution in [0.5, 0.6) is 5.75 Å². The number of halogens is 3. The van der Waals surface area contributed by atoms with Gasteiger partial charge in [-0.2, -0.15) is 13.2 Å². The highest BCUT2D eigenvalue weighted by molar-refractivity contribution is 5.95. The Morgan fingerprint density at radius 1 is 1.26 bits per heavy atom. The number of ether oxygens (including phenoxy) is 4. The van der Waals surface area contributed by atoms with Crippen molar-refractivity contribution in [2.24, 2.45) is 0 Å². The van der Waals surface area contributed by atoms with Crippen molar-refractivity contribution < 1.29 is 41.7 Å². The maximum absolute atomic E-state index is 12.9. The maximum Gasteiger partial charge on any atom is 0.416 e. The van der Waals surface area contributed by atoms with Crippen molar-refractivity contribution in [2.45, 2.75) is 19.5 Å². The third-order valence-electron chi connectivity index (χ3n) is 3.23. The Morgan fingerprint density at radius 3 is 2.67 bits per heavy atom. The molecule has 0 unspecified atom stereocenters. The van der Waals surface area contributed by atoms with Gasteiger partial charge in [-0.05, 0) is 24.6 Å². The van der Waals surface area contributed by atoms with E-state index in [9.17, 15) is 22.8 Å². The number of hydrogen-bond acceptors (Lipinski definition) is 6. The molecular weight excluding hydrogens is 371 g/mol. The molecule has 0 bridgehead atoms. The third kappa shape index (κ3) is 6.08. The lowest BCUT2D eigenvalue weighted by Crippen LogP contribution is -2.24. The van der Waals surface area contributed by atoms with E-state index in [1.807, 2.05) is 6.92 Å². The molecule has 1 N–H and O–H groups in total. The Bertz CT molecular complexity index is 717. The first kappa shape index (κ1) is 20.4. The molecule has 0 aromatic heterocycles. The van der Waals surface area contributed by atoms with Crippen LogP contribution < -0.4 is 10.1 Å². The van der Waals surface area contributed by atoms with Gasteiger partial charge in [0, 0.05) is 0 Å². The average molecular weight is 389 g/mol. The Kier molecular flexibility index (Phi) is 6.91. The van der Waals surface area contributed by atoms with Crippen molar-refractivity contribution in [1.82, 2.24) is 0 Å². The number of rotatable bonds is 7. The van der Waals surface area contributed by atoms with Crippen molar-refractivity contribution in [3.05, 3.63) is 35.8 Å². The molecule has 0 aliphatic carbocycles. The quantitative estimate of drug-likeness (QED) is 0.722. The van der Waals surface area contributed by atoms with E-state index in [1.165, 1.54) is 0 Å². The lowest BCUT2D eigenvalue weighted by molar-refractivity contribution is -0.148. The van der Waals surface area contributed by atoms with Gasteiger partial charge in [0.1, 0.15) is 25.2 Å². The van der Waals surface area contributed by atoms with Gasteiger partial charge in [0.05, 0.1) is 17.9 Å². The van der Waals surface area contributed by atoms with Crippen molar-refractivity contribution >= 4 is 17.6 Å². The van der Waals surface area contributed by atoms with Gasteiger partial charge in [0.15, 0.2) is 6.61 Å². The Labute approximate surface area is 153 Å². The van der Waals surface area contributed by atoms with Crippen molar-refractivity contribution in [1.29, 1.82) is 0 Å². The Morgan fingerprint density at radius 2 is 2.04 bits per heavy atom. The van der Waals surface area contributed by atoms with Crippen LogP contribution in [-0.4, -0.2) is 38.3 Å². The van der Waals surface area contributed by atoms with Crippen molar-refractivity contribution in [2.75, 3.05) is 31.7 Å². The predicted molar refractivity (Wildman–Crippen MR) is 86.8 cm³/mol. The molecule has 0 radical (unpaired) electrons. The van der Waals surface area contributed by atoms with E-state index in [4.69, 9.17) is 18.9 Å². The van der Waals surface area contributed by atoms with Crippen LogP contribution in [0.25, 0.3) is 0 Å². The minimum atomic E-state index is -4.58. The second-order valence-corrected chi connectivity index (χ2v) is 5.38. The van der Waals surface area contributed by atoms with E-state index < -0.39 is 30.2 Å². The molecule has 0 atom stereocenters. The van der Waals surface area contributed by atoms with Gasteiger partial charge < -0.3 is 24.3 Å². The number of hydrogen-bond donors (Lipinski definition) is 1. The summed E-state index contributed by atoms with van der Waals surface area (Å²) < 4.78 is 58.7. The summed E-state index contributed by atoms with van der Waals surface area (Å²) in [4.78, 5) is 23.7. The summed E-state index contributed by atoms with van der Waals surface area (Å²) in [7, 11) is 0. The first-order chi connectivity index (χ1) is 12.8. The fourth-order valence-electron chi connectivity index (χ4n) is 2.01.